The smallest absolute Gasteiger partial charge is 0.0216 e. The van der Waals surface area contributed by atoms with Gasteiger partial charge in [0.15, 0.2) is 0 Å². The lowest BCUT2D eigenvalue weighted by atomic mass is 9.86. The van der Waals surface area contributed by atoms with Crippen molar-refractivity contribution in [3.8, 4) is 33.4 Å². The van der Waals surface area contributed by atoms with Gasteiger partial charge in [0.05, 0.1) is 0 Å². The second kappa shape index (κ2) is 6.18. The highest BCUT2D eigenvalue weighted by Crippen LogP contribution is 2.58. The minimum Gasteiger partial charge on any atom is -0.0605 e. The average molecular weight is 579 g/mol. The molecule has 0 atom stereocenters. The predicted molar refractivity (Wildman–Crippen MR) is 134 cm³/mol. The van der Waals surface area contributed by atoms with E-state index in [-0.39, 0.29) is 0 Å². The van der Waals surface area contributed by atoms with Crippen LogP contribution in [0.15, 0.2) is 68.0 Å². The summed E-state index contributed by atoms with van der Waals surface area (Å²) in [6.07, 6.45) is 3.02. The van der Waals surface area contributed by atoms with Crippen LogP contribution in [0.2, 0.25) is 0 Å². The molecule has 0 bridgehead atoms. The Morgan fingerprint density at radius 1 is 0.400 bits per heavy atom. The fraction of sp³-hybridized carbons (Fsp3) is 0.111. The summed E-state index contributed by atoms with van der Waals surface area (Å²) >= 11 is 11.5. The molecule has 0 N–H and O–H groups in total. The second-order valence-corrected chi connectivity index (χ2v) is 11.0. The number of rotatable bonds is 0. The van der Waals surface area contributed by atoms with E-state index in [1.165, 1.54) is 80.2 Å². The van der Waals surface area contributed by atoms with Crippen LogP contribution >= 0.6 is 47.8 Å². The van der Waals surface area contributed by atoms with Gasteiger partial charge in [0.1, 0.15) is 0 Å². The normalized spacial score (nSPS) is 14.1. The molecule has 3 heteroatoms. The largest absolute Gasteiger partial charge is 0.0605 e. The van der Waals surface area contributed by atoms with Crippen LogP contribution in [0.5, 0.6) is 0 Å². The number of halogens is 3. The SMILES string of the molecule is Brc1cccc2c1Cc1c-2c2c(c3c1-c1cccc(Br)c1C3)-c1cccc(Br)c1C2. The standard InChI is InChI=1S/C27H15Br3/c28-22-7-1-4-13-16(22)10-19-25(13)20-11-17-14(5-2-8-23(17)29)27(20)21-12-18-15(26(19)21)6-3-9-24(18)30/h1-9H,10-12H2. The summed E-state index contributed by atoms with van der Waals surface area (Å²) in [5, 5.41) is 0. The molecule has 0 heterocycles. The van der Waals surface area contributed by atoms with E-state index in [2.05, 4.69) is 102 Å². The quantitative estimate of drug-likeness (QED) is 0.169. The third-order valence-electron chi connectivity index (χ3n) is 7.04. The van der Waals surface area contributed by atoms with E-state index < -0.39 is 0 Å². The maximum Gasteiger partial charge on any atom is 0.0216 e. The number of hydrogen-bond acceptors (Lipinski definition) is 0. The molecule has 3 aliphatic carbocycles. The molecule has 3 aliphatic rings. The van der Waals surface area contributed by atoms with Crippen LogP contribution in [0.25, 0.3) is 33.4 Å². The molecular weight excluding hydrogens is 564 g/mol. The monoisotopic (exact) mass is 576 g/mol. The minimum absolute atomic E-state index is 1.01. The first-order valence-corrected chi connectivity index (χ1v) is 12.5. The summed E-state index contributed by atoms with van der Waals surface area (Å²) < 4.78 is 3.67. The predicted octanol–water partition coefficient (Wildman–Crippen LogP) is 8.69. The highest BCUT2D eigenvalue weighted by atomic mass is 79.9. The first-order chi connectivity index (χ1) is 14.6. The van der Waals surface area contributed by atoms with Gasteiger partial charge in [0.2, 0.25) is 0 Å². The molecule has 7 rings (SSSR count). The molecule has 0 amide bonds. The maximum atomic E-state index is 3.84. The zero-order valence-electron chi connectivity index (χ0n) is 16.0. The van der Waals surface area contributed by atoms with Crippen molar-refractivity contribution in [1.82, 2.24) is 0 Å². The Morgan fingerprint density at radius 3 is 1.00 bits per heavy atom. The average Bonchev–Trinajstić information content (AvgIpc) is 3.40. The molecule has 30 heavy (non-hydrogen) atoms. The molecule has 0 saturated carbocycles. The zero-order valence-corrected chi connectivity index (χ0v) is 20.7. The first kappa shape index (κ1) is 17.9. The van der Waals surface area contributed by atoms with Gasteiger partial charge in [-0.1, -0.05) is 84.2 Å². The lowest BCUT2D eigenvalue weighted by Gasteiger charge is -2.17. The molecule has 4 aromatic rings. The lowest BCUT2D eigenvalue weighted by molar-refractivity contribution is 1.20. The molecule has 0 aromatic heterocycles. The van der Waals surface area contributed by atoms with E-state index in [1.807, 2.05) is 0 Å². The van der Waals surface area contributed by atoms with Gasteiger partial charge in [0, 0.05) is 32.7 Å². The molecule has 4 aromatic carbocycles. The van der Waals surface area contributed by atoms with Gasteiger partial charge in [-0.05, 0) is 85.0 Å². The lowest BCUT2D eigenvalue weighted by Crippen LogP contribution is -1.97. The molecule has 0 fully saturated rings. The van der Waals surface area contributed by atoms with Gasteiger partial charge in [-0.15, -0.1) is 0 Å². The van der Waals surface area contributed by atoms with Crippen LogP contribution < -0.4 is 0 Å². The van der Waals surface area contributed by atoms with Crippen molar-refractivity contribution < 1.29 is 0 Å². The van der Waals surface area contributed by atoms with Crippen LogP contribution in [0.4, 0.5) is 0 Å². The summed E-state index contributed by atoms with van der Waals surface area (Å²) in [7, 11) is 0. The fourth-order valence-corrected chi connectivity index (χ4v) is 7.39. The molecule has 0 aliphatic heterocycles. The van der Waals surface area contributed by atoms with Gasteiger partial charge >= 0.3 is 0 Å². The van der Waals surface area contributed by atoms with Crippen LogP contribution in [0.3, 0.4) is 0 Å². The Hall–Kier alpha value is -1.68. The highest BCUT2D eigenvalue weighted by Gasteiger charge is 2.38. The molecule has 144 valence electrons. The highest BCUT2D eigenvalue weighted by molar-refractivity contribution is 9.11. The number of hydrogen-bond donors (Lipinski definition) is 0. The Balaban J connectivity index is 1.65. The maximum absolute atomic E-state index is 3.84. The summed E-state index contributed by atoms with van der Waals surface area (Å²) in [5.41, 5.74) is 17.5. The first-order valence-electron chi connectivity index (χ1n) is 10.2. The van der Waals surface area contributed by atoms with E-state index >= 15 is 0 Å². The topological polar surface area (TPSA) is 0 Å². The van der Waals surface area contributed by atoms with Crippen molar-refractivity contribution in [3.05, 3.63) is 101 Å². The van der Waals surface area contributed by atoms with Gasteiger partial charge in [-0.2, -0.15) is 0 Å². The van der Waals surface area contributed by atoms with Crippen molar-refractivity contribution >= 4 is 47.8 Å². The third-order valence-corrected chi connectivity index (χ3v) is 9.26. The molecule has 0 nitrogen and oxygen atoms in total. The molecule has 0 spiro atoms. The van der Waals surface area contributed by atoms with Crippen molar-refractivity contribution in [2.75, 3.05) is 0 Å². The Bertz CT molecular complexity index is 1250. The van der Waals surface area contributed by atoms with Gasteiger partial charge < -0.3 is 0 Å². The van der Waals surface area contributed by atoms with E-state index in [4.69, 9.17) is 0 Å². The van der Waals surface area contributed by atoms with Crippen LogP contribution in [0.1, 0.15) is 33.4 Å². The van der Waals surface area contributed by atoms with Crippen LogP contribution in [-0.4, -0.2) is 0 Å². The second-order valence-electron chi connectivity index (χ2n) is 8.39. The van der Waals surface area contributed by atoms with Crippen LogP contribution in [-0.2, 0) is 19.3 Å². The van der Waals surface area contributed by atoms with Crippen LogP contribution in [0, 0.1) is 0 Å². The molecule has 0 unspecified atom stereocenters. The Morgan fingerprint density at radius 2 is 0.700 bits per heavy atom. The number of fused-ring (bicyclic) bond motifs is 12. The molecule has 0 radical (unpaired) electrons. The zero-order chi connectivity index (χ0) is 20.1. The van der Waals surface area contributed by atoms with Crippen molar-refractivity contribution in [2.45, 2.75) is 19.3 Å². The van der Waals surface area contributed by atoms with Gasteiger partial charge in [-0.25, -0.2) is 0 Å². The number of benzene rings is 4. The summed E-state index contributed by atoms with van der Waals surface area (Å²) in [6, 6.07) is 20.0. The summed E-state index contributed by atoms with van der Waals surface area (Å²) in [6.45, 7) is 0. The molecule has 0 saturated heterocycles. The molecular formula is C27H15Br3. The van der Waals surface area contributed by atoms with E-state index in [0.717, 1.165) is 19.3 Å². The van der Waals surface area contributed by atoms with Crippen molar-refractivity contribution in [1.29, 1.82) is 0 Å². The third kappa shape index (κ3) is 2.16. The Kier molecular flexibility index (Phi) is 3.70. The minimum atomic E-state index is 1.01. The van der Waals surface area contributed by atoms with Gasteiger partial charge in [-0.3, -0.25) is 0 Å². The fourth-order valence-electron chi connectivity index (χ4n) is 5.88. The summed E-state index contributed by atoms with van der Waals surface area (Å²) in [4.78, 5) is 0. The summed E-state index contributed by atoms with van der Waals surface area (Å²) in [5.74, 6) is 0. The van der Waals surface area contributed by atoms with Gasteiger partial charge in [0.25, 0.3) is 0 Å². The van der Waals surface area contributed by atoms with E-state index in [9.17, 15) is 0 Å². The van der Waals surface area contributed by atoms with E-state index in [0.29, 0.717) is 0 Å². The van der Waals surface area contributed by atoms with Crippen molar-refractivity contribution in [2.24, 2.45) is 0 Å². The van der Waals surface area contributed by atoms with E-state index in [1.54, 1.807) is 0 Å². The van der Waals surface area contributed by atoms with Crippen molar-refractivity contribution in [3.63, 3.8) is 0 Å². The Labute approximate surface area is 200 Å².